The molecule has 1 aliphatic rings. The van der Waals surface area contributed by atoms with Crippen LogP contribution in [0.3, 0.4) is 0 Å². The van der Waals surface area contributed by atoms with Gasteiger partial charge in [-0.3, -0.25) is 0 Å². The molecule has 1 aliphatic carbocycles. The smallest absolute Gasteiger partial charge is 0.0155 e. The molecule has 0 aromatic rings. The minimum atomic E-state index is 0.251. The molecule has 0 saturated heterocycles. The maximum atomic E-state index is 5.95. The summed E-state index contributed by atoms with van der Waals surface area (Å²) in [5.41, 5.74) is 6.20. The molecule has 0 aliphatic heterocycles. The van der Waals surface area contributed by atoms with Gasteiger partial charge in [0, 0.05) is 5.54 Å². The molecule has 1 unspecified atom stereocenters. The van der Waals surface area contributed by atoms with Crippen molar-refractivity contribution in [3.63, 3.8) is 0 Å². The van der Waals surface area contributed by atoms with Crippen LogP contribution >= 0.6 is 0 Å². The Morgan fingerprint density at radius 3 is 2.73 bits per heavy atom. The van der Waals surface area contributed by atoms with Crippen molar-refractivity contribution < 1.29 is 0 Å². The molecule has 0 aromatic carbocycles. The molecule has 0 amide bonds. The molecule has 1 atom stereocenters. The second-order valence-corrected chi connectivity index (χ2v) is 3.97. The van der Waals surface area contributed by atoms with Crippen molar-refractivity contribution in [2.24, 2.45) is 11.7 Å². The summed E-state index contributed by atoms with van der Waals surface area (Å²) in [5, 5.41) is 0. The fraction of sp³-hybridized carbons (Fsp3) is 0.800. The summed E-state index contributed by atoms with van der Waals surface area (Å²) in [6, 6.07) is 0. The van der Waals surface area contributed by atoms with E-state index >= 15 is 0 Å². The molecule has 1 nitrogen and oxygen atoms in total. The highest BCUT2D eigenvalue weighted by Gasteiger charge is 2.36. The predicted octanol–water partition coefficient (Wildman–Crippen LogP) is 2.47. The maximum Gasteiger partial charge on any atom is 0.0155 e. The van der Waals surface area contributed by atoms with E-state index in [0.717, 1.165) is 0 Å². The fourth-order valence-electron chi connectivity index (χ4n) is 1.30. The first-order valence-electron chi connectivity index (χ1n) is 4.58. The Bertz CT molecular complexity index is 136. The molecule has 0 heterocycles. The van der Waals surface area contributed by atoms with E-state index in [2.05, 4.69) is 13.5 Å². The average Bonchev–Trinajstić information content (AvgIpc) is 2.68. The van der Waals surface area contributed by atoms with Gasteiger partial charge in [-0.25, -0.2) is 0 Å². The zero-order chi connectivity index (χ0) is 8.32. The number of hydrogen-bond donors (Lipinski definition) is 1. The Kier molecular flexibility index (Phi) is 2.72. The van der Waals surface area contributed by atoms with E-state index in [1.165, 1.54) is 32.1 Å². The number of hydrogen-bond acceptors (Lipinski definition) is 1. The molecular weight excluding hydrogens is 134 g/mol. The molecular formula is C10H19N. The summed E-state index contributed by atoms with van der Waals surface area (Å²) >= 11 is 0. The summed E-state index contributed by atoms with van der Waals surface area (Å²) in [4.78, 5) is 0. The van der Waals surface area contributed by atoms with E-state index in [-0.39, 0.29) is 5.54 Å². The summed E-state index contributed by atoms with van der Waals surface area (Å²) in [6.45, 7) is 5.97. The van der Waals surface area contributed by atoms with Gasteiger partial charge in [-0.15, -0.1) is 6.58 Å². The maximum absolute atomic E-state index is 5.95. The highest BCUT2D eigenvalue weighted by molar-refractivity contribution is 4.98. The summed E-state index contributed by atoms with van der Waals surface area (Å²) < 4.78 is 0. The van der Waals surface area contributed by atoms with Crippen LogP contribution in [0.2, 0.25) is 0 Å². The van der Waals surface area contributed by atoms with Gasteiger partial charge in [-0.1, -0.05) is 19.4 Å². The topological polar surface area (TPSA) is 26.0 Å². The lowest BCUT2D eigenvalue weighted by Gasteiger charge is -2.09. The lowest BCUT2D eigenvalue weighted by atomic mass is 10.0. The molecule has 2 N–H and O–H groups in total. The second kappa shape index (κ2) is 3.40. The van der Waals surface area contributed by atoms with Crippen LogP contribution in [0.4, 0.5) is 0 Å². The molecule has 0 aromatic heterocycles. The lowest BCUT2D eigenvalue weighted by molar-refractivity contribution is 0.515. The minimum absolute atomic E-state index is 0.251. The third-order valence-corrected chi connectivity index (χ3v) is 2.63. The SMILES string of the molecule is C=CC(C)CCCC1(N)CC1. The third-order valence-electron chi connectivity index (χ3n) is 2.63. The Morgan fingerprint density at radius 1 is 1.64 bits per heavy atom. The van der Waals surface area contributed by atoms with Crippen molar-refractivity contribution in [2.45, 2.75) is 44.6 Å². The average molecular weight is 153 g/mol. The first-order valence-corrected chi connectivity index (χ1v) is 4.58. The van der Waals surface area contributed by atoms with Gasteiger partial charge in [0.15, 0.2) is 0 Å². The zero-order valence-corrected chi connectivity index (χ0v) is 7.47. The van der Waals surface area contributed by atoms with Gasteiger partial charge >= 0.3 is 0 Å². The van der Waals surface area contributed by atoms with E-state index in [4.69, 9.17) is 5.73 Å². The van der Waals surface area contributed by atoms with E-state index in [1.807, 2.05) is 6.08 Å². The van der Waals surface area contributed by atoms with Gasteiger partial charge < -0.3 is 5.73 Å². The van der Waals surface area contributed by atoms with E-state index in [0.29, 0.717) is 5.92 Å². The fourth-order valence-corrected chi connectivity index (χ4v) is 1.30. The molecule has 1 fully saturated rings. The van der Waals surface area contributed by atoms with Crippen LogP contribution in [0.25, 0.3) is 0 Å². The van der Waals surface area contributed by atoms with Crippen LogP contribution < -0.4 is 5.73 Å². The molecule has 1 heteroatoms. The summed E-state index contributed by atoms with van der Waals surface area (Å²) in [5.74, 6) is 0.664. The first kappa shape index (κ1) is 8.79. The van der Waals surface area contributed by atoms with E-state index in [1.54, 1.807) is 0 Å². The van der Waals surface area contributed by atoms with Gasteiger partial charge in [0.1, 0.15) is 0 Å². The van der Waals surface area contributed by atoms with E-state index < -0.39 is 0 Å². The highest BCUT2D eigenvalue weighted by atomic mass is 14.8. The van der Waals surface area contributed by atoms with Crippen molar-refractivity contribution in [3.05, 3.63) is 12.7 Å². The molecule has 1 saturated carbocycles. The molecule has 64 valence electrons. The van der Waals surface area contributed by atoms with Crippen molar-refractivity contribution in [3.8, 4) is 0 Å². The number of allylic oxidation sites excluding steroid dienone is 1. The molecule has 11 heavy (non-hydrogen) atoms. The normalized spacial score (nSPS) is 22.7. The number of rotatable bonds is 5. The predicted molar refractivity (Wildman–Crippen MR) is 49.4 cm³/mol. The van der Waals surface area contributed by atoms with Crippen LogP contribution in [0.5, 0.6) is 0 Å². The first-order chi connectivity index (χ1) is 5.16. The van der Waals surface area contributed by atoms with Gasteiger partial charge in [0.05, 0.1) is 0 Å². The largest absolute Gasteiger partial charge is 0.325 e. The van der Waals surface area contributed by atoms with Crippen molar-refractivity contribution in [1.82, 2.24) is 0 Å². The van der Waals surface area contributed by atoms with Crippen molar-refractivity contribution in [2.75, 3.05) is 0 Å². The van der Waals surface area contributed by atoms with Crippen molar-refractivity contribution >= 4 is 0 Å². The zero-order valence-electron chi connectivity index (χ0n) is 7.47. The Hall–Kier alpha value is -0.300. The molecule has 0 radical (unpaired) electrons. The highest BCUT2D eigenvalue weighted by Crippen LogP contribution is 2.37. The Labute approximate surface area is 69.7 Å². The van der Waals surface area contributed by atoms with Gasteiger partial charge in [0.25, 0.3) is 0 Å². The Balaban J connectivity index is 2.00. The van der Waals surface area contributed by atoms with Crippen LogP contribution in [-0.2, 0) is 0 Å². The van der Waals surface area contributed by atoms with Crippen LogP contribution in [0, 0.1) is 5.92 Å². The minimum Gasteiger partial charge on any atom is -0.325 e. The second-order valence-electron chi connectivity index (χ2n) is 3.97. The molecule has 1 rings (SSSR count). The summed E-state index contributed by atoms with van der Waals surface area (Å²) in [6.07, 6.45) is 8.25. The lowest BCUT2D eigenvalue weighted by Crippen LogP contribution is -2.21. The quantitative estimate of drug-likeness (QED) is 0.603. The standard InChI is InChI=1S/C10H19N/c1-3-9(2)5-4-6-10(11)7-8-10/h3,9H,1,4-8,11H2,2H3. The molecule has 0 bridgehead atoms. The summed E-state index contributed by atoms with van der Waals surface area (Å²) in [7, 11) is 0. The monoisotopic (exact) mass is 153 g/mol. The van der Waals surface area contributed by atoms with Gasteiger partial charge in [0.2, 0.25) is 0 Å². The van der Waals surface area contributed by atoms with E-state index in [9.17, 15) is 0 Å². The van der Waals surface area contributed by atoms with Gasteiger partial charge in [-0.2, -0.15) is 0 Å². The van der Waals surface area contributed by atoms with Crippen LogP contribution in [-0.4, -0.2) is 5.54 Å². The van der Waals surface area contributed by atoms with Crippen molar-refractivity contribution in [1.29, 1.82) is 0 Å². The number of nitrogens with two attached hydrogens (primary N) is 1. The third kappa shape index (κ3) is 3.06. The van der Waals surface area contributed by atoms with Crippen LogP contribution in [0.15, 0.2) is 12.7 Å². The Morgan fingerprint density at radius 2 is 2.27 bits per heavy atom. The van der Waals surface area contributed by atoms with Gasteiger partial charge in [-0.05, 0) is 31.6 Å². The van der Waals surface area contributed by atoms with Crippen LogP contribution in [0.1, 0.15) is 39.0 Å². The molecule has 0 spiro atoms.